The molecule has 1 rings (SSSR count). The number of alkyl halides is 1. The SMILES string of the molecule is C=Cc1ccc(CCCl)cc1. The lowest BCUT2D eigenvalue weighted by Gasteiger charge is -1.97. The molecule has 0 saturated heterocycles. The van der Waals surface area contributed by atoms with E-state index in [-0.39, 0.29) is 0 Å². The summed E-state index contributed by atoms with van der Waals surface area (Å²) in [7, 11) is 0. The second-order valence-corrected chi connectivity index (χ2v) is 2.76. The van der Waals surface area contributed by atoms with Gasteiger partial charge < -0.3 is 0 Å². The second kappa shape index (κ2) is 4.20. The minimum Gasteiger partial charge on any atom is -0.126 e. The van der Waals surface area contributed by atoms with Crippen molar-refractivity contribution in [3.63, 3.8) is 0 Å². The van der Waals surface area contributed by atoms with Crippen molar-refractivity contribution in [3.05, 3.63) is 42.0 Å². The molecule has 0 heterocycles. The van der Waals surface area contributed by atoms with Crippen LogP contribution in [0, 0.1) is 0 Å². The molecule has 1 heteroatoms. The van der Waals surface area contributed by atoms with Gasteiger partial charge in [-0.2, -0.15) is 0 Å². The van der Waals surface area contributed by atoms with E-state index in [0.717, 1.165) is 12.0 Å². The van der Waals surface area contributed by atoms with Gasteiger partial charge in [-0.05, 0) is 17.5 Å². The first-order valence-electron chi connectivity index (χ1n) is 3.64. The van der Waals surface area contributed by atoms with Gasteiger partial charge in [-0.25, -0.2) is 0 Å². The zero-order valence-corrected chi connectivity index (χ0v) is 7.14. The van der Waals surface area contributed by atoms with E-state index in [2.05, 4.69) is 30.8 Å². The summed E-state index contributed by atoms with van der Waals surface area (Å²) in [6.07, 6.45) is 2.78. The third kappa shape index (κ3) is 2.39. The predicted octanol–water partition coefficient (Wildman–Crippen LogP) is 3.11. The monoisotopic (exact) mass is 166 g/mol. The van der Waals surface area contributed by atoms with Crippen LogP contribution in [0.15, 0.2) is 30.8 Å². The Balaban J connectivity index is 2.74. The van der Waals surface area contributed by atoms with Crippen molar-refractivity contribution >= 4 is 17.7 Å². The van der Waals surface area contributed by atoms with Crippen molar-refractivity contribution in [1.29, 1.82) is 0 Å². The minimum absolute atomic E-state index is 0.688. The first-order chi connectivity index (χ1) is 5.36. The molecule has 0 amide bonds. The highest BCUT2D eigenvalue weighted by atomic mass is 35.5. The number of hydrogen-bond acceptors (Lipinski definition) is 0. The predicted molar refractivity (Wildman–Crippen MR) is 51.0 cm³/mol. The van der Waals surface area contributed by atoms with E-state index in [4.69, 9.17) is 11.6 Å². The third-order valence-electron chi connectivity index (χ3n) is 1.60. The lowest BCUT2D eigenvalue weighted by atomic mass is 10.1. The average molecular weight is 167 g/mol. The van der Waals surface area contributed by atoms with E-state index in [0.29, 0.717) is 5.88 Å². The highest BCUT2D eigenvalue weighted by Crippen LogP contribution is 2.06. The molecular weight excluding hydrogens is 156 g/mol. The average Bonchev–Trinajstić information content (AvgIpc) is 2.07. The Hall–Kier alpha value is -0.750. The van der Waals surface area contributed by atoms with Crippen molar-refractivity contribution in [2.75, 3.05) is 5.88 Å². The zero-order valence-electron chi connectivity index (χ0n) is 6.39. The van der Waals surface area contributed by atoms with Crippen molar-refractivity contribution in [2.24, 2.45) is 0 Å². The summed E-state index contributed by atoms with van der Waals surface area (Å²) in [5, 5.41) is 0. The van der Waals surface area contributed by atoms with Crippen LogP contribution in [0.2, 0.25) is 0 Å². The molecule has 0 atom stereocenters. The fourth-order valence-electron chi connectivity index (χ4n) is 0.929. The number of hydrogen-bond donors (Lipinski definition) is 0. The summed E-state index contributed by atoms with van der Waals surface area (Å²) in [5.41, 5.74) is 2.44. The molecular formula is C10H11Cl. The molecule has 0 unspecified atom stereocenters. The van der Waals surface area contributed by atoms with E-state index < -0.39 is 0 Å². The zero-order chi connectivity index (χ0) is 8.10. The maximum atomic E-state index is 5.59. The van der Waals surface area contributed by atoms with E-state index in [9.17, 15) is 0 Å². The highest BCUT2D eigenvalue weighted by Gasteiger charge is 1.89. The normalized spacial score (nSPS) is 9.55. The standard InChI is InChI=1S/C10H11Cl/c1-2-9-3-5-10(6-4-9)7-8-11/h2-6H,1,7-8H2. The van der Waals surface area contributed by atoms with Crippen LogP contribution in [-0.4, -0.2) is 5.88 Å². The van der Waals surface area contributed by atoms with Crippen LogP contribution in [0.4, 0.5) is 0 Å². The van der Waals surface area contributed by atoms with Crippen molar-refractivity contribution in [2.45, 2.75) is 6.42 Å². The van der Waals surface area contributed by atoms with E-state index >= 15 is 0 Å². The number of aryl methyl sites for hydroxylation is 1. The van der Waals surface area contributed by atoms with Crippen LogP contribution in [0.1, 0.15) is 11.1 Å². The van der Waals surface area contributed by atoms with Crippen LogP contribution >= 0.6 is 11.6 Å². The Kier molecular flexibility index (Phi) is 3.18. The fourth-order valence-corrected chi connectivity index (χ4v) is 1.15. The molecule has 0 N–H and O–H groups in total. The molecule has 0 spiro atoms. The summed E-state index contributed by atoms with van der Waals surface area (Å²) in [4.78, 5) is 0. The van der Waals surface area contributed by atoms with Gasteiger partial charge in [0.25, 0.3) is 0 Å². The first kappa shape index (κ1) is 8.35. The van der Waals surface area contributed by atoms with Crippen LogP contribution < -0.4 is 0 Å². The van der Waals surface area contributed by atoms with Crippen LogP contribution in [0.3, 0.4) is 0 Å². The van der Waals surface area contributed by atoms with Crippen LogP contribution in [0.5, 0.6) is 0 Å². The molecule has 0 bridgehead atoms. The smallest absolute Gasteiger partial charge is 0.0263 e. The molecule has 1 aromatic rings. The second-order valence-electron chi connectivity index (χ2n) is 2.38. The quantitative estimate of drug-likeness (QED) is 0.606. The fraction of sp³-hybridized carbons (Fsp3) is 0.200. The van der Waals surface area contributed by atoms with Gasteiger partial charge in [-0.3, -0.25) is 0 Å². The van der Waals surface area contributed by atoms with E-state index in [1.807, 2.05) is 6.08 Å². The largest absolute Gasteiger partial charge is 0.126 e. The van der Waals surface area contributed by atoms with Gasteiger partial charge in [0, 0.05) is 5.88 Å². The minimum atomic E-state index is 0.688. The molecule has 0 aliphatic heterocycles. The van der Waals surface area contributed by atoms with Crippen molar-refractivity contribution in [3.8, 4) is 0 Å². The number of halogens is 1. The van der Waals surface area contributed by atoms with Crippen molar-refractivity contribution in [1.82, 2.24) is 0 Å². The topological polar surface area (TPSA) is 0 Å². The number of benzene rings is 1. The van der Waals surface area contributed by atoms with Crippen molar-refractivity contribution < 1.29 is 0 Å². The molecule has 1 aromatic carbocycles. The lowest BCUT2D eigenvalue weighted by molar-refractivity contribution is 1.15. The lowest BCUT2D eigenvalue weighted by Crippen LogP contribution is -1.84. The van der Waals surface area contributed by atoms with Gasteiger partial charge in [0.15, 0.2) is 0 Å². The molecule has 0 saturated carbocycles. The van der Waals surface area contributed by atoms with Crippen LogP contribution in [0.25, 0.3) is 6.08 Å². The maximum Gasteiger partial charge on any atom is 0.0263 e. The molecule has 0 nitrogen and oxygen atoms in total. The summed E-state index contributed by atoms with van der Waals surface area (Å²) < 4.78 is 0. The van der Waals surface area contributed by atoms with Crippen LogP contribution in [-0.2, 0) is 6.42 Å². The first-order valence-corrected chi connectivity index (χ1v) is 4.17. The Morgan fingerprint density at radius 3 is 2.36 bits per heavy atom. The summed E-state index contributed by atoms with van der Waals surface area (Å²) >= 11 is 5.59. The van der Waals surface area contributed by atoms with Gasteiger partial charge in [-0.15, -0.1) is 11.6 Å². The highest BCUT2D eigenvalue weighted by molar-refractivity contribution is 6.17. The van der Waals surface area contributed by atoms with Gasteiger partial charge >= 0.3 is 0 Å². The molecule has 58 valence electrons. The molecule has 0 aliphatic rings. The van der Waals surface area contributed by atoms with E-state index in [1.165, 1.54) is 5.56 Å². The molecule has 0 radical (unpaired) electrons. The Bertz CT molecular complexity index is 223. The molecule has 0 aliphatic carbocycles. The van der Waals surface area contributed by atoms with Gasteiger partial charge in [0.05, 0.1) is 0 Å². The van der Waals surface area contributed by atoms with Gasteiger partial charge in [0.2, 0.25) is 0 Å². The van der Waals surface area contributed by atoms with Gasteiger partial charge in [-0.1, -0.05) is 36.9 Å². The van der Waals surface area contributed by atoms with E-state index in [1.54, 1.807) is 0 Å². The summed E-state index contributed by atoms with van der Waals surface area (Å²) in [6, 6.07) is 8.27. The molecule has 0 aromatic heterocycles. The summed E-state index contributed by atoms with van der Waals surface area (Å²) in [5.74, 6) is 0.688. The molecule has 11 heavy (non-hydrogen) atoms. The molecule has 0 fully saturated rings. The Morgan fingerprint density at radius 1 is 1.27 bits per heavy atom. The Morgan fingerprint density at radius 2 is 1.91 bits per heavy atom. The maximum absolute atomic E-state index is 5.59. The third-order valence-corrected chi connectivity index (χ3v) is 1.79. The van der Waals surface area contributed by atoms with Gasteiger partial charge in [0.1, 0.15) is 0 Å². The summed E-state index contributed by atoms with van der Waals surface area (Å²) in [6.45, 7) is 3.68. The Labute approximate surface area is 72.5 Å². The number of rotatable bonds is 3.